The highest BCUT2D eigenvalue weighted by Crippen LogP contribution is 2.10. The number of rotatable bonds is 2. The number of aliphatic hydroxyl groups excluding tert-OH is 1. The fourth-order valence-corrected chi connectivity index (χ4v) is 1.54. The summed E-state index contributed by atoms with van der Waals surface area (Å²) in [5.41, 5.74) is 0. The van der Waals surface area contributed by atoms with Crippen LogP contribution >= 0.6 is 0 Å². The zero-order valence-corrected chi connectivity index (χ0v) is 7.59. The molecule has 0 bridgehead atoms. The molecule has 0 spiro atoms. The lowest BCUT2D eigenvalue weighted by atomic mass is 10.3. The fourth-order valence-electron chi connectivity index (χ4n) is 1.54. The number of β-amino-alcohol motifs (C(OH)–C–C–N with tert-alkyl or cyclic N) is 1. The van der Waals surface area contributed by atoms with Gasteiger partial charge in [-0.2, -0.15) is 4.80 Å². The second-order valence-corrected chi connectivity index (χ2v) is 3.37. The van der Waals surface area contributed by atoms with Gasteiger partial charge in [-0.15, -0.1) is 10.2 Å². The molecule has 1 aromatic rings. The van der Waals surface area contributed by atoms with Crippen molar-refractivity contribution in [3.8, 4) is 0 Å². The summed E-state index contributed by atoms with van der Waals surface area (Å²) in [6.07, 6.45) is 0.664. The van der Waals surface area contributed by atoms with Crippen LogP contribution in [0, 0.1) is 0 Å². The van der Waals surface area contributed by atoms with E-state index < -0.39 is 0 Å². The molecule has 0 aromatic carbocycles. The number of aromatic nitrogens is 4. The van der Waals surface area contributed by atoms with E-state index in [1.807, 2.05) is 0 Å². The first-order valence-electron chi connectivity index (χ1n) is 4.37. The van der Waals surface area contributed by atoms with Gasteiger partial charge in [-0.3, -0.25) is 4.90 Å². The van der Waals surface area contributed by atoms with Crippen LogP contribution in [0.25, 0.3) is 0 Å². The number of likely N-dealkylation sites (tertiary alicyclic amines) is 1. The molecule has 6 heteroatoms. The third-order valence-corrected chi connectivity index (χ3v) is 2.16. The molecule has 1 N–H and O–H groups in total. The highest BCUT2D eigenvalue weighted by molar-refractivity contribution is 4.82. The smallest absolute Gasteiger partial charge is 0.188 e. The first-order chi connectivity index (χ1) is 6.24. The van der Waals surface area contributed by atoms with E-state index in [0.717, 1.165) is 25.3 Å². The minimum absolute atomic E-state index is 0.184. The van der Waals surface area contributed by atoms with Crippen molar-refractivity contribution in [3.63, 3.8) is 0 Å². The Morgan fingerprint density at radius 1 is 1.62 bits per heavy atom. The summed E-state index contributed by atoms with van der Waals surface area (Å²) >= 11 is 0. The lowest BCUT2D eigenvalue weighted by Gasteiger charge is -2.10. The number of nitrogens with zero attached hydrogens (tertiary/aromatic N) is 5. The second-order valence-electron chi connectivity index (χ2n) is 3.37. The number of hydrogen-bond acceptors (Lipinski definition) is 5. The Bertz CT molecular complexity index is 286. The highest BCUT2D eigenvalue weighted by atomic mass is 16.3. The minimum atomic E-state index is -0.184. The molecule has 1 fully saturated rings. The van der Waals surface area contributed by atoms with Gasteiger partial charge >= 0.3 is 0 Å². The van der Waals surface area contributed by atoms with Crippen LogP contribution in [0.1, 0.15) is 12.2 Å². The molecule has 0 radical (unpaired) electrons. The third-order valence-electron chi connectivity index (χ3n) is 2.16. The van der Waals surface area contributed by atoms with Crippen molar-refractivity contribution in [1.29, 1.82) is 0 Å². The maximum atomic E-state index is 9.28. The molecule has 2 heterocycles. The SMILES string of the molecule is Cn1nnc(CN2CC[C@@H](O)C2)n1. The van der Waals surface area contributed by atoms with E-state index in [4.69, 9.17) is 0 Å². The summed E-state index contributed by atoms with van der Waals surface area (Å²) in [6.45, 7) is 2.32. The van der Waals surface area contributed by atoms with Gasteiger partial charge in [-0.05, 0) is 11.6 Å². The quantitative estimate of drug-likeness (QED) is 0.622. The molecule has 6 nitrogen and oxygen atoms in total. The van der Waals surface area contributed by atoms with Crippen LogP contribution in [-0.4, -0.2) is 49.4 Å². The van der Waals surface area contributed by atoms with Crippen molar-refractivity contribution in [2.24, 2.45) is 7.05 Å². The fraction of sp³-hybridized carbons (Fsp3) is 0.857. The normalized spacial score (nSPS) is 24.0. The van der Waals surface area contributed by atoms with E-state index in [0.29, 0.717) is 6.54 Å². The van der Waals surface area contributed by atoms with E-state index in [2.05, 4.69) is 20.3 Å². The summed E-state index contributed by atoms with van der Waals surface area (Å²) < 4.78 is 0. The summed E-state index contributed by atoms with van der Waals surface area (Å²) in [6, 6.07) is 0. The maximum absolute atomic E-state index is 9.28. The summed E-state index contributed by atoms with van der Waals surface area (Å²) in [5, 5.41) is 21.0. The lowest BCUT2D eigenvalue weighted by molar-refractivity contribution is 0.174. The van der Waals surface area contributed by atoms with Crippen LogP contribution in [0.3, 0.4) is 0 Å². The van der Waals surface area contributed by atoms with Crippen LogP contribution in [0.5, 0.6) is 0 Å². The number of tetrazole rings is 1. The largest absolute Gasteiger partial charge is 0.392 e. The van der Waals surface area contributed by atoms with Crippen molar-refractivity contribution >= 4 is 0 Å². The van der Waals surface area contributed by atoms with E-state index >= 15 is 0 Å². The predicted octanol–water partition coefficient (Wildman–Crippen LogP) is -1.22. The van der Waals surface area contributed by atoms with Crippen molar-refractivity contribution < 1.29 is 5.11 Å². The number of aryl methyl sites for hydroxylation is 1. The van der Waals surface area contributed by atoms with E-state index in [-0.39, 0.29) is 6.10 Å². The van der Waals surface area contributed by atoms with Crippen molar-refractivity contribution in [1.82, 2.24) is 25.1 Å². The lowest BCUT2D eigenvalue weighted by Crippen LogP contribution is -2.22. The average Bonchev–Trinajstić information content (AvgIpc) is 2.62. The molecule has 1 atom stereocenters. The van der Waals surface area contributed by atoms with Crippen LogP contribution in [0.4, 0.5) is 0 Å². The second kappa shape index (κ2) is 3.39. The Morgan fingerprint density at radius 2 is 2.46 bits per heavy atom. The van der Waals surface area contributed by atoms with Crippen LogP contribution in [-0.2, 0) is 13.6 Å². The van der Waals surface area contributed by atoms with Gasteiger partial charge in [0.05, 0.1) is 19.7 Å². The Hall–Kier alpha value is -1.01. The van der Waals surface area contributed by atoms with Crippen LogP contribution < -0.4 is 0 Å². The summed E-state index contributed by atoms with van der Waals surface area (Å²) in [4.78, 5) is 3.57. The van der Waals surface area contributed by atoms with Gasteiger partial charge in [0.15, 0.2) is 5.82 Å². The minimum Gasteiger partial charge on any atom is -0.392 e. The molecule has 1 aliphatic heterocycles. The van der Waals surface area contributed by atoms with Crippen LogP contribution in [0.2, 0.25) is 0 Å². The molecule has 1 aliphatic rings. The first-order valence-corrected chi connectivity index (χ1v) is 4.37. The van der Waals surface area contributed by atoms with Crippen LogP contribution in [0.15, 0.2) is 0 Å². The molecule has 0 unspecified atom stereocenters. The van der Waals surface area contributed by atoms with Gasteiger partial charge in [0, 0.05) is 13.1 Å². The van der Waals surface area contributed by atoms with Gasteiger partial charge in [-0.25, -0.2) is 0 Å². The molecule has 0 saturated carbocycles. The highest BCUT2D eigenvalue weighted by Gasteiger charge is 2.21. The Kier molecular flexibility index (Phi) is 2.24. The van der Waals surface area contributed by atoms with Crippen molar-refractivity contribution in [2.75, 3.05) is 13.1 Å². The molecule has 1 saturated heterocycles. The monoisotopic (exact) mass is 183 g/mol. The topological polar surface area (TPSA) is 67.1 Å². The van der Waals surface area contributed by atoms with E-state index in [1.165, 1.54) is 4.80 Å². The number of aliphatic hydroxyl groups is 1. The van der Waals surface area contributed by atoms with Gasteiger partial charge in [-0.1, -0.05) is 0 Å². The number of hydrogen-bond donors (Lipinski definition) is 1. The van der Waals surface area contributed by atoms with Gasteiger partial charge in [0.2, 0.25) is 0 Å². The molecular formula is C7H13N5O. The average molecular weight is 183 g/mol. The van der Waals surface area contributed by atoms with Gasteiger partial charge in [0.25, 0.3) is 0 Å². The van der Waals surface area contributed by atoms with Gasteiger partial charge < -0.3 is 5.11 Å². The molecular weight excluding hydrogens is 170 g/mol. The summed E-state index contributed by atoms with van der Waals surface area (Å²) in [7, 11) is 1.75. The third kappa shape index (κ3) is 2.02. The van der Waals surface area contributed by atoms with E-state index in [9.17, 15) is 5.11 Å². The molecule has 13 heavy (non-hydrogen) atoms. The molecule has 72 valence electrons. The molecule has 0 aliphatic carbocycles. The van der Waals surface area contributed by atoms with Crippen molar-refractivity contribution in [2.45, 2.75) is 19.1 Å². The van der Waals surface area contributed by atoms with Crippen molar-refractivity contribution in [3.05, 3.63) is 5.82 Å². The molecule has 2 rings (SSSR count). The first kappa shape index (κ1) is 8.58. The molecule has 0 amide bonds. The zero-order valence-electron chi connectivity index (χ0n) is 7.59. The Balaban J connectivity index is 1.91. The zero-order chi connectivity index (χ0) is 9.26. The molecule has 1 aromatic heterocycles. The Morgan fingerprint density at radius 3 is 3.00 bits per heavy atom. The Labute approximate surface area is 76.2 Å². The standard InChI is InChI=1S/C7H13N5O/c1-11-9-7(8-10-11)5-12-3-2-6(13)4-12/h6,13H,2-5H2,1H3/t6-/m1/s1. The maximum Gasteiger partial charge on any atom is 0.188 e. The van der Waals surface area contributed by atoms with E-state index in [1.54, 1.807) is 7.05 Å². The predicted molar refractivity (Wildman–Crippen MR) is 44.7 cm³/mol. The van der Waals surface area contributed by atoms with Gasteiger partial charge in [0.1, 0.15) is 0 Å². The summed E-state index contributed by atoms with van der Waals surface area (Å²) in [5.74, 6) is 0.719.